The number of hydrogen-bond acceptors (Lipinski definition) is 1. The zero-order chi connectivity index (χ0) is 13.8. The van der Waals surface area contributed by atoms with Gasteiger partial charge in [-0.2, -0.15) is 0 Å². The molecular formula is C15H30ClNO. The predicted molar refractivity (Wildman–Crippen MR) is 80.2 cm³/mol. The first-order valence-electron chi connectivity index (χ1n) is 7.46. The third-order valence-electron chi connectivity index (χ3n) is 3.28. The molecule has 108 valence electrons. The molecule has 0 aliphatic rings. The molecule has 0 spiro atoms. The summed E-state index contributed by atoms with van der Waals surface area (Å²) >= 11 is 5.88. The molecule has 1 unspecified atom stereocenters. The minimum Gasteiger partial charge on any atom is -0.346 e. The lowest BCUT2D eigenvalue weighted by atomic mass is 10.1. The van der Waals surface area contributed by atoms with Crippen LogP contribution < -0.4 is 0 Å². The molecule has 0 saturated heterocycles. The molecule has 0 aromatic carbocycles. The molecule has 0 fully saturated rings. The number of hydrogen-bond donors (Lipinski definition) is 0. The predicted octanol–water partition coefficient (Wildman–Crippen LogP) is 4.60. The summed E-state index contributed by atoms with van der Waals surface area (Å²) in [6, 6.07) is 0. The van der Waals surface area contributed by atoms with Crippen molar-refractivity contribution in [3.05, 3.63) is 0 Å². The van der Waals surface area contributed by atoms with E-state index in [-0.39, 0.29) is 11.3 Å². The van der Waals surface area contributed by atoms with Crippen LogP contribution in [0.3, 0.4) is 0 Å². The van der Waals surface area contributed by atoms with Crippen molar-refractivity contribution in [3.8, 4) is 0 Å². The molecule has 0 N–H and O–H groups in total. The molecule has 0 bridgehead atoms. The van der Waals surface area contributed by atoms with Gasteiger partial charge in [0.1, 0.15) is 0 Å². The van der Waals surface area contributed by atoms with Gasteiger partial charge < -0.3 is 4.90 Å². The lowest BCUT2D eigenvalue weighted by Gasteiger charge is -2.17. The molecule has 0 saturated carbocycles. The molecule has 0 aliphatic carbocycles. The Bertz CT molecular complexity index is 207. The van der Waals surface area contributed by atoms with Gasteiger partial charge in [0.05, 0.1) is 0 Å². The Morgan fingerprint density at radius 1 is 1.11 bits per heavy atom. The molecule has 0 aliphatic heterocycles. The van der Waals surface area contributed by atoms with Crippen LogP contribution in [-0.4, -0.2) is 29.8 Å². The van der Waals surface area contributed by atoms with E-state index in [1.54, 1.807) is 0 Å². The van der Waals surface area contributed by atoms with Gasteiger partial charge in [-0.1, -0.05) is 45.4 Å². The van der Waals surface area contributed by atoms with Crippen molar-refractivity contribution in [2.45, 2.75) is 77.0 Å². The Kier molecular flexibility index (Phi) is 11.7. The van der Waals surface area contributed by atoms with Crippen LogP contribution in [-0.2, 0) is 4.79 Å². The highest BCUT2D eigenvalue weighted by atomic mass is 35.5. The summed E-state index contributed by atoms with van der Waals surface area (Å²) < 4.78 is 0. The SMILES string of the molecule is CCCCCCCCCC(=O)N(C)CCC(C)Cl. The van der Waals surface area contributed by atoms with E-state index in [0.29, 0.717) is 6.42 Å². The maximum atomic E-state index is 11.8. The molecule has 0 aromatic rings. The number of amides is 1. The summed E-state index contributed by atoms with van der Waals surface area (Å²) in [7, 11) is 1.88. The Labute approximate surface area is 118 Å². The highest BCUT2D eigenvalue weighted by Crippen LogP contribution is 2.09. The van der Waals surface area contributed by atoms with E-state index < -0.39 is 0 Å². The standard InChI is InChI=1S/C15H30ClNO/c1-4-5-6-7-8-9-10-11-15(18)17(3)13-12-14(2)16/h14H,4-13H2,1-3H3. The summed E-state index contributed by atoms with van der Waals surface area (Å²) in [5, 5.41) is 0.152. The lowest BCUT2D eigenvalue weighted by Crippen LogP contribution is -2.28. The molecule has 3 heteroatoms. The van der Waals surface area contributed by atoms with Gasteiger partial charge in [0.2, 0.25) is 5.91 Å². The van der Waals surface area contributed by atoms with Gasteiger partial charge in [-0.25, -0.2) is 0 Å². The van der Waals surface area contributed by atoms with Crippen molar-refractivity contribution in [1.29, 1.82) is 0 Å². The minimum atomic E-state index is 0.152. The van der Waals surface area contributed by atoms with E-state index in [1.165, 1.54) is 38.5 Å². The first kappa shape index (κ1) is 17.8. The van der Waals surface area contributed by atoms with E-state index in [9.17, 15) is 4.79 Å². The molecule has 0 aromatic heterocycles. The third-order valence-corrected chi connectivity index (χ3v) is 3.50. The van der Waals surface area contributed by atoms with E-state index in [2.05, 4.69) is 6.92 Å². The van der Waals surface area contributed by atoms with Gasteiger partial charge in [-0.05, 0) is 19.8 Å². The molecule has 0 radical (unpaired) electrons. The fourth-order valence-corrected chi connectivity index (χ4v) is 2.02. The van der Waals surface area contributed by atoms with Crippen molar-refractivity contribution in [3.63, 3.8) is 0 Å². The molecule has 2 nitrogen and oxygen atoms in total. The summed E-state index contributed by atoms with van der Waals surface area (Å²) in [6.07, 6.45) is 10.4. The molecular weight excluding hydrogens is 246 g/mol. The first-order valence-corrected chi connectivity index (χ1v) is 7.89. The second kappa shape index (κ2) is 11.8. The van der Waals surface area contributed by atoms with Crippen LogP contribution in [0.15, 0.2) is 0 Å². The fourth-order valence-electron chi connectivity index (χ4n) is 1.92. The van der Waals surface area contributed by atoms with E-state index in [4.69, 9.17) is 11.6 Å². The summed E-state index contributed by atoms with van der Waals surface area (Å²) in [4.78, 5) is 13.6. The number of halogens is 1. The summed E-state index contributed by atoms with van der Waals surface area (Å²) in [6.45, 7) is 4.98. The number of unbranched alkanes of at least 4 members (excludes halogenated alkanes) is 6. The van der Waals surface area contributed by atoms with Gasteiger partial charge in [0.25, 0.3) is 0 Å². The lowest BCUT2D eigenvalue weighted by molar-refractivity contribution is -0.130. The number of nitrogens with zero attached hydrogens (tertiary/aromatic N) is 1. The first-order chi connectivity index (χ1) is 8.57. The fraction of sp³-hybridized carbons (Fsp3) is 0.933. The average Bonchev–Trinajstić information content (AvgIpc) is 2.34. The van der Waals surface area contributed by atoms with Crippen LogP contribution in [0.25, 0.3) is 0 Å². The third kappa shape index (κ3) is 10.9. The molecule has 0 heterocycles. The zero-order valence-corrected chi connectivity index (χ0v) is 13.1. The van der Waals surface area contributed by atoms with Crippen molar-refractivity contribution in [2.75, 3.05) is 13.6 Å². The van der Waals surface area contributed by atoms with Crippen LogP contribution >= 0.6 is 11.6 Å². The average molecular weight is 276 g/mol. The molecule has 1 atom stereocenters. The number of rotatable bonds is 11. The molecule has 1 amide bonds. The van der Waals surface area contributed by atoms with Gasteiger partial charge in [0, 0.05) is 25.4 Å². The van der Waals surface area contributed by atoms with Crippen LogP contribution in [0.1, 0.15) is 71.6 Å². The van der Waals surface area contributed by atoms with E-state index in [1.807, 2.05) is 18.9 Å². The van der Waals surface area contributed by atoms with E-state index in [0.717, 1.165) is 19.4 Å². The van der Waals surface area contributed by atoms with Crippen LogP contribution in [0.2, 0.25) is 0 Å². The minimum absolute atomic E-state index is 0.152. The van der Waals surface area contributed by atoms with Gasteiger partial charge >= 0.3 is 0 Å². The Balaban J connectivity index is 3.40. The second-order valence-corrected chi connectivity index (χ2v) is 6.00. The number of alkyl halides is 1. The highest BCUT2D eigenvalue weighted by Gasteiger charge is 2.08. The summed E-state index contributed by atoms with van der Waals surface area (Å²) in [5.41, 5.74) is 0. The van der Waals surface area contributed by atoms with Crippen molar-refractivity contribution in [1.82, 2.24) is 4.90 Å². The Hall–Kier alpha value is -0.240. The van der Waals surface area contributed by atoms with Crippen LogP contribution in [0, 0.1) is 0 Å². The van der Waals surface area contributed by atoms with Crippen LogP contribution in [0.5, 0.6) is 0 Å². The van der Waals surface area contributed by atoms with Crippen molar-refractivity contribution >= 4 is 17.5 Å². The largest absolute Gasteiger partial charge is 0.346 e. The zero-order valence-electron chi connectivity index (χ0n) is 12.4. The number of carbonyl (C=O) groups is 1. The van der Waals surface area contributed by atoms with Gasteiger partial charge in [0.15, 0.2) is 0 Å². The smallest absolute Gasteiger partial charge is 0.222 e. The normalized spacial score (nSPS) is 12.4. The second-order valence-electron chi connectivity index (χ2n) is 5.26. The van der Waals surface area contributed by atoms with Crippen LogP contribution in [0.4, 0.5) is 0 Å². The van der Waals surface area contributed by atoms with E-state index >= 15 is 0 Å². The quantitative estimate of drug-likeness (QED) is 0.398. The van der Waals surface area contributed by atoms with Crippen molar-refractivity contribution < 1.29 is 4.79 Å². The van der Waals surface area contributed by atoms with Gasteiger partial charge in [-0.3, -0.25) is 4.79 Å². The Morgan fingerprint density at radius 2 is 1.67 bits per heavy atom. The Morgan fingerprint density at radius 3 is 2.22 bits per heavy atom. The highest BCUT2D eigenvalue weighted by molar-refractivity contribution is 6.20. The summed E-state index contributed by atoms with van der Waals surface area (Å²) in [5.74, 6) is 0.265. The van der Waals surface area contributed by atoms with Crippen molar-refractivity contribution in [2.24, 2.45) is 0 Å². The monoisotopic (exact) mass is 275 g/mol. The number of carbonyl (C=O) groups excluding carboxylic acids is 1. The maximum Gasteiger partial charge on any atom is 0.222 e. The van der Waals surface area contributed by atoms with Gasteiger partial charge in [-0.15, -0.1) is 11.6 Å². The molecule has 0 rings (SSSR count). The maximum absolute atomic E-state index is 11.8. The topological polar surface area (TPSA) is 20.3 Å². The molecule has 18 heavy (non-hydrogen) atoms.